The van der Waals surface area contributed by atoms with Crippen LogP contribution in [0.4, 0.5) is 0 Å². The van der Waals surface area contributed by atoms with Gasteiger partial charge in [0.05, 0.1) is 5.54 Å². The van der Waals surface area contributed by atoms with Gasteiger partial charge in [0.2, 0.25) is 5.91 Å². The highest BCUT2D eigenvalue weighted by molar-refractivity contribution is 5.84. The number of nitrogens with zero attached hydrogens (tertiary/aromatic N) is 1. The van der Waals surface area contributed by atoms with Crippen LogP contribution >= 0.6 is 0 Å². The van der Waals surface area contributed by atoms with Gasteiger partial charge in [-0.15, -0.1) is 0 Å². The maximum absolute atomic E-state index is 11.6. The Bertz CT molecular complexity index is 243. The van der Waals surface area contributed by atoms with Crippen LogP contribution in [0.2, 0.25) is 0 Å². The number of carbonyl (C=O) groups is 1. The minimum absolute atomic E-state index is 0.257. The van der Waals surface area contributed by atoms with E-state index in [1.165, 1.54) is 12.8 Å². The van der Waals surface area contributed by atoms with E-state index in [0.29, 0.717) is 0 Å². The van der Waals surface area contributed by atoms with E-state index in [2.05, 4.69) is 24.2 Å². The Morgan fingerprint density at radius 3 is 2.33 bits per heavy atom. The third-order valence-electron chi connectivity index (χ3n) is 3.26. The Morgan fingerprint density at radius 1 is 1.33 bits per heavy atom. The molecule has 1 unspecified atom stereocenters. The number of nitrogens with two attached hydrogens (primary N) is 1. The summed E-state index contributed by atoms with van der Waals surface area (Å²) in [5, 5.41) is 3.28. The van der Waals surface area contributed by atoms with Crippen LogP contribution in [0.25, 0.3) is 0 Å². The van der Waals surface area contributed by atoms with Crippen LogP contribution < -0.4 is 11.1 Å². The Balaban J connectivity index is 4.08. The average Bonchev–Trinajstić information content (AvgIpc) is 2.25. The summed E-state index contributed by atoms with van der Waals surface area (Å²) in [7, 11) is 2.13. The van der Waals surface area contributed by atoms with Gasteiger partial charge in [-0.1, -0.05) is 13.3 Å². The highest BCUT2D eigenvalue weighted by atomic mass is 16.1. The number of nitrogens with one attached hydrogen (secondary N) is 1. The zero-order chi connectivity index (χ0) is 14.2. The van der Waals surface area contributed by atoms with E-state index in [0.717, 1.165) is 25.9 Å². The van der Waals surface area contributed by atoms with Crippen molar-refractivity contribution in [2.75, 3.05) is 20.1 Å². The SMILES string of the molecule is CCCCN(C)CCCC(C)(NC(C)C)C(N)=O. The predicted molar refractivity (Wildman–Crippen MR) is 77.5 cm³/mol. The average molecular weight is 257 g/mol. The van der Waals surface area contributed by atoms with Gasteiger partial charge in [-0.25, -0.2) is 0 Å². The van der Waals surface area contributed by atoms with E-state index < -0.39 is 5.54 Å². The topological polar surface area (TPSA) is 58.4 Å². The van der Waals surface area contributed by atoms with Gasteiger partial charge < -0.3 is 16.0 Å². The fourth-order valence-electron chi connectivity index (χ4n) is 2.15. The van der Waals surface area contributed by atoms with Crippen molar-refractivity contribution in [2.45, 2.75) is 65.0 Å². The maximum Gasteiger partial charge on any atom is 0.237 e. The number of primary amides is 1. The van der Waals surface area contributed by atoms with Gasteiger partial charge in [0.1, 0.15) is 0 Å². The van der Waals surface area contributed by atoms with Gasteiger partial charge >= 0.3 is 0 Å². The highest BCUT2D eigenvalue weighted by Gasteiger charge is 2.30. The molecule has 0 aromatic carbocycles. The Morgan fingerprint density at radius 2 is 1.89 bits per heavy atom. The molecule has 3 N–H and O–H groups in total. The molecule has 1 atom stereocenters. The molecule has 4 heteroatoms. The molecular weight excluding hydrogens is 226 g/mol. The smallest absolute Gasteiger partial charge is 0.237 e. The summed E-state index contributed by atoms with van der Waals surface area (Å²) in [5.74, 6) is -0.257. The van der Waals surface area contributed by atoms with Gasteiger partial charge in [-0.05, 0) is 60.2 Å². The highest BCUT2D eigenvalue weighted by Crippen LogP contribution is 2.13. The molecule has 0 aliphatic heterocycles. The van der Waals surface area contributed by atoms with Crippen molar-refractivity contribution in [3.05, 3.63) is 0 Å². The van der Waals surface area contributed by atoms with Crippen molar-refractivity contribution in [3.8, 4) is 0 Å². The first-order chi connectivity index (χ1) is 8.31. The summed E-state index contributed by atoms with van der Waals surface area (Å²) in [4.78, 5) is 13.9. The Labute approximate surface area is 112 Å². The second kappa shape index (κ2) is 8.48. The van der Waals surface area contributed by atoms with Gasteiger partial charge in [0.15, 0.2) is 0 Å². The number of rotatable bonds is 10. The number of unbranched alkanes of at least 4 members (excludes halogenated alkanes) is 1. The van der Waals surface area contributed by atoms with Crippen LogP contribution in [0.1, 0.15) is 53.4 Å². The third-order valence-corrected chi connectivity index (χ3v) is 3.26. The minimum Gasteiger partial charge on any atom is -0.368 e. The van der Waals surface area contributed by atoms with Crippen LogP contribution in [0.3, 0.4) is 0 Å². The van der Waals surface area contributed by atoms with Gasteiger partial charge in [0, 0.05) is 6.04 Å². The molecule has 0 aliphatic carbocycles. The van der Waals surface area contributed by atoms with E-state index in [1.54, 1.807) is 0 Å². The van der Waals surface area contributed by atoms with Gasteiger partial charge in [0.25, 0.3) is 0 Å². The quantitative estimate of drug-likeness (QED) is 0.627. The van der Waals surface area contributed by atoms with Crippen molar-refractivity contribution in [1.29, 1.82) is 0 Å². The lowest BCUT2D eigenvalue weighted by Gasteiger charge is -2.30. The molecule has 0 heterocycles. The fraction of sp³-hybridized carbons (Fsp3) is 0.929. The number of carbonyl (C=O) groups excluding carboxylic acids is 1. The number of hydrogen-bond donors (Lipinski definition) is 2. The molecule has 0 bridgehead atoms. The molecule has 108 valence electrons. The normalized spacial score (nSPS) is 15.1. The molecule has 4 nitrogen and oxygen atoms in total. The van der Waals surface area contributed by atoms with Gasteiger partial charge in [-0.3, -0.25) is 4.79 Å². The summed E-state index contributed by atoms with van der Waals surface area (Å²) >= 11 is 0. The Kier molecular flexibility index (Phi) is 8.20. The van der Waals surface area contributed by atoms with Crippen LogP contribution in [0.5, 0.6) is 0 Å². The first kappa shape index (κ1) is 17.4. The van der Waals surface area contributed by atoms with Crippen LogP contribution in [0.15, 0.2) is 0 Å². The minimum atomic E-state index is -0.584. The first-order valence-corrected chi connectivity index (χ1v) is 7.08. The third kappa shape index (κ3) is 6.97. The first-order valence-electron chi connectivity index (χ1n) is 7.08. The van der Waals surface area contributed by atoms with E-state index in [4.69, 9.17) is 5.73 Å². The molecule has 0 spiro atoms. The molecule has 1 amide bonds. The molecule has 0 fully saturated rings. The largest absolute Gasteiger partial charge is 0.368 e. The van der Waals surface area contributed by atoms with E-state index in [9.17, 15) is 4.79 Å². The van der Waals surface area contributed by atoms with Crippen LogP contribution in [-0.2, 0) is 4.79 Å². The van der Waals surface area contributed by atoms with Crippen molar-refractivity contribution in [1.82, 2.24) is 10.2 Å². The standard InChI is InChI=1S/C14H31N3O/c1-6-7-10-17(5)11-8-9-14(4,13(15)18)16-12(2)3/h12,16H,6-11H2,1-5H3,(H2,15,18). The van der Waals surface area contributed by atoms with Crippen molar-refractivity contribution >= 4 is 5.91 Å². The van der Waals surface area contributed by atoms with E-state index >= 15 is 0 Å². The summed E-state index contributed by atoms with van der Waals surface area (Å²) in [6, 6.07) is 0.264. The van der Waals surface area contributed by atoms with Crippen LogP contribution in [-0.4, -0.2) is 42.5 Å². The monoisotopic (exact) mass is 257 g/mol. The van der Waals surface area contributed by atoms with E-state index in [-0.39, 0.29) is 11.9 Å². The maximum atomic E-state index is 11.6. The zero-order valence-corrected chi connectivity index (χ0v) is 12.8. The lowest BCUT2D eigenvalue weighted by atomic mass is 9.94. The molecule has 0 radical (unpaired) electrons. The summed E-state index contributed by atoms with van der Waals surface area (Å²) in [6.45, 7) is 10.3. The predicted octanol–water partition coefficient (Wildman–Crippen LogP) is 1.74. The lowest BCUT2D eigenvalue weighted by molar-refractivity contribution is -0.124. The molecule has 0 aromatic rings. The summed E-state index contributed by atoms with van der Waals surface area (Å²) in [5.41, 5.74) is 4.92. The van der Waals surface area contributed by atoms with Crippen molar-refractivity contribution < 1.29 is 4.79 Å². The van der Waals surface area contributed by atoms with E-state index in [1.807, 2.05) is 20.8 Å². The lowest BCUT2D eigenvalue weighted by Crippen LogP contribution is -2.55. The molecule has 0 aliphatic rings. The zero-order valence-electron chi connectivity index (χ0n) is 12.8. The van der Waals surface area contributed by atoms with Gasteiger partial charge in [-0.2, -0.15) is 0 Å². The molecule has 18 heavy (non-hydrogen) atoms. The summed E-state index contributed by atoms with van der Waals surface area (Å²) in [6.07, 6.45) is 4.22. The molecule has 0 rings (SSSR count). The Hall–Kier alpha value is -0.610. The number of hydrogen-bond acceptors (Lipinski definition) is 3. The summed E-state index contributed by atoms with van der Waals surface area (Å²) < 4.78 is 0. The fourth-order valence-corrected chi connectivity index (χ4v) is 2.15. The molecule has 0 saturated carbocycles. The number of amides is 1. The second-order valence-corrected chi connectivity index (χ2v) is 5.76. The van der Waals surface area contributed by atoms with Crippen molar-refractivity contribution in [2.24, 2.45) is 5.73 Å². The second-order valence-electron chi connectivity index (χ2n) is 5.76. The molecule has 0 aromatic heterocycles. The van der Waals surface area contributed by atoms with Crippen LogP contribution in [0, 0.1) is 0 Å². The van der Waals surface area contributed by atoms with Crippen molar-refractivity contribution in [3.63, 3.8) is 0 Å². The molecule has 0 saturated heterocycles. The molecular formula is C14H31N3O.